The molecule has 2 aliphatic rings. The van der Waals surface area contributed by atoms with E-state index in [0.29, 0.717) is 0 Å². The standard InChI is InChI=1S/C19H27FN2O.ClH/c1-21-11-6-15-7-12-22(13-8-15)18(23)19(9-3-10-19)16-4-2-5-17(20)14-16;/h2,4-5,14-15,21H,3,6-13H2,1H3;1H. The largest absolute Gasteiger partial charge is 0.342 e. The molecule has 24 heavy (non-hydrogen) atoms. The van der Waals surface area contributed by atoms with E-state index in [2.05, 4.69) is 5.32 Å². The number of nitrogens with one attached hydrogen (secondary N) is 1. The van der Waals surface area contributed by atoms with Crippen LogP contribution in [0.15, 0.2) is 24.3 Å². The number of carbonyl (C=O) groups is 1. The lowest BCUT2D eigenvalue weighted by Gasteiger charge is -2.45. The molecule has 0 radical (unpaired) electrons. The van der Waals surface area contributed by atoms with Gasteiger partial charge in [0.2, 0.25) is 5.91 Å². The van der Waals surface area contributed by atoms with E-state index < -0.39 is 5.41 Å². The second kappa shape index (κ2) is 8.30. The molecular formula is C19H28ClFN2O. The lowest BCUT2D eigenvalue weighted by atomic mass is 9.63. The Bertz CT molecular complexity index is 554. The molecule has 1 saturated carbocycles. The van der Waals surface area contributed by atoms with Gasteiger partial charge in [0.05, 0.1) is 5.41 Å². The van der Waals surface area contributed by atoms with Crippen molar-refractivity contribution < 1.29 is 9.18 Å². The predicted molar refractivity (Wildman–Crippen MR) is 97.0 cm³/mol. The summed E-state index contributed by atoms with van der Waals surface area (Å²) in [5.41, 5.74) is 0.408. The Kier molecular flexibility index (Phi) is 6.64. The number of likely N-dealkylation sites (tertiary alicyclic amines) is 1. The van der Waals surface area contributed by atoms with E-state index in [4.69, 9.17) is 0 Å². The van der Waals surface area contributed by atoms with Crippen molar-refractivity contribution in [3.8, 4) is 0 Å². The molecule has 1 aliphatic heterocycles. The summed E-state index contributed by atoms with van der Waals surface area (Å²) in [5.74, 6) is 0.701. The molecule has 134 valence electrons. The average molecular weight is 355 g/mol. The van der Waals surface area contributed by atoms with E-state index in [9.17, 15) is 9.18 Å². The third-order valence-corrected chi connectivity index (χ3v) is 5.70. The van der Waals surface area contributed by atoms with Gasteiger partial charge < -0.3 is 10.2 Å². The lowest BCUT2D eigenvalue weighted by molar-refractivity contribution is -0.142. The molecule has 0 atom stereocenters. The molecular weight excluding hydrogens is 327 g/mol. The van der Waals surface area contributed by atoms with E-state index in [1.165, 1.54) is 12.5 Å². The van der Waals surface area contributed by atoms with Crippen molar-refractivity contribution in [1.29, 1.82) is 0 Å². The van der Waals surface area contributed by atoms with Crippen molar-refractivity contribution >= 4 is 18.3 Å². The monoisotopic (exact) mass is 354 g/mol. The third kappa shape index (κ3) is 3.75. The molecule has 0 unspecified atom stereocenters. The molecule has 1 aromatic carbocycles. The minimum Gasteiger partial charge on any atom is -0.342 e. The number of carbonyl (C=O) groups excluding carboxylic acids is 1. The van der Waals surface area contributed by atoms with Crippen molar-refractivity contribution in [1.82, 2.24) is 10.2 Å². The van der Waals surface area contributed by atoms with Gasteiger partial charge in [-0.25, -0.2) is 4.39 Å². The summed E-state index contributed by atoms with van der Waals surface area (Å²) in [4.78, 5) is 15.2. The van der Waals surface area contributed by atoms with Gasteiger partial charge in [-0.2, -0.15) is 0 Å². The summed E-state index contributed by atoms with van der Waals surface area (Å²) in [6, 6.07) is 6.64. The van der Waals surface area contributed by atoms with Crippen molar-refractivity contribution in [3.63, 3.8) is 0 Å². The number of benzene rings is 1. The highest BCUT2D eigenvalue weighted by Gasteiger charge is 2.48. The van der Waals surface area contributed by atoms with Crippen molar-refractivity contribution in [2.24, 2.45) is 5.92 Å². The Hall–Kier alpha value is -1.13. The van der Waals surface area contributed by atoms with Crippen LogP contribution in [-0.2, 0) is 10.2 Å². The van der Waals surface area contributed by atoms with Gasteiger partial charge in [-0.05, 0) is 69.3 Å². The molecule has 1 heterocycles. The molecule has 1 N–H and O–H groups in total. The van der Waals surface area contributed by atoms with E-state index in [0.717, 1.165) is 63.2 Å². The van der Waals surface area contributed by atoms with Gasteiger partial charge in [-0.3, -0.25) is 4.79 Å². The molecule has 3 rings (SSSR count). The Morgan fingerprint density at radius 3 is 2.58 bits per heavy atom. The number of nitrogens with zero attached hydrogens (tertiary/aromatic N) is 1. The van der Waals surface area contributed by atoms with Crippen LogP contribution < -0.4 is 5.32 Å². The average Bonchev–Trinajstić information content (AvgIpc) is 2.52. The molecule has 1 aliphatic carbocycles. The third-order valence-electron chi connectivity index (χ3n) is 5.70. The Balaban J connectivity index is 0.00000208. The van der Waals surface area contributed by atoms with Gasteiger partial charge in [0.15, 0.2) is 0 Å². The van der Waals surface area contributed by atoms with Gasteiger partial charge in [0, 0.05) is 13.1 Å². The molecule has 5 heteroatoms. The fraction of sp³-hybridized carbons (Fsp3) is 0.632. The fourth-order valence-electron chi connectivity index (χ4n) is 4.02. The zero-order valence-corrected chi connectivity index (χ0v) is 15.2. The molecule has 3 nitrogen and oxygen atoms in total. The fourth-order valence-corrected chi connectivity index (χ4v) is 4.02. The van der Waals surface area contributed by atoms with Gasteiger partial charge in [-0.1, -0.05) is 18.6 Å². The minimum atomic E-state index is -0.458. The van der Waals surface area contributed by atoms with Crippen molar-refractivity contribution in [2.75, 3.05) is 26.7 Å². The summed E-state index contributed by atoms with van der Waals surface area (Å²) < 4.78 is 13.6. The Morgan fingerprint density at radius 1 is 1.33 bits per heavy atom. The topological polar surface area (TPSA) is 32.3 Å². The summed E-state index contributed by atoms with van der Waals surface area (Å²) in [7, 11) is 1.98. The summed E-state index contributed by atoms with van der Waals surface area (Å²) in [6.45, 7) is 2.75. The number of halogens is 2. The quantitative estimate of drug-likeness (QED) is 0.877. The lowest BCUT2D eigenvalue weighted by Crippen LogP contribution is -2.53. The van der Waals surface area contributed by atoms with Crippen LogP contribution in [0.5, 0.6) is 0 Å². The second-order valence-electron chi connectivity index (χ2n) is 7.07. The first-order valence-electron chi connectivity index (χ1n) is 8.86. The molecule has 0 bridgehead atoms. The van der Waals surface area contributed by atoms with Crippen molar-refractivity contribution in [3.05, 3.63) is 35.6 Å². The normalized spacial score (nSPS) is 20.2. The number of hydrogen-bond donors (Lipinski definition) is 1. The number of rotatable bonds is 5. The zero-order chi connectivity index (χ0) is 16.3. The van der Waals surface area contributed by atoms with Crippen molar-refractivity contribution in [2.45, 2.75) is 43.9 Å². The Morgan fingerprint density at radius 2 is 2.04 bits per heavy atom. The van der Waals surface area contributed by atoms with Crippen LogP contribution >= 0.6 is 12.4 Å². The molecule has 1 aromatic rings. The van der Waals surface area contributed by atoms with Gasteiger partial charge >= 0.3 is 0 Å². The highest BCUT2D eigenvalue weighted by molar-refractivity contribution is 5.89. The summed E-state index contributed by atoms with van der Waals surface area (Å²) >= 11 is 0. The van der Waals surface area contributed by atoms with E-state index in [-0.39, 0.29) is 24.1 Å². The number of amides is 1. The van der Waals surface area contributed by atoms with Crippen LogP contribution in [0.4, 0.5) is 4.39 Å². The summed E-state index contributed by atoms with van der Waals surface area (Å²) in [5, 5.41) is 3.20. The van der Waals surface area contributed by atoms with Crippen LogP contribution in [-0.4, -0.2) is 37.5 Å². The maximum absolute atomic E-state index is 13.6. The highest BCUT2D eigenvalue weighted by atomic mass is 35.5. The maximum atomic E-state index is 13.6. The molecule has 1 saturated heterocycles. The Labute approximate surface area is 150 Å². The first kappa shape index (κ1) is 19.2. The molecule has 0 spiro atoms. The first-order chi connectivity index (χ1) is 11.2. The second-order valence-corrected chi connectivity index (χ2v) is 7.07. The summed E-state index contributed by atoms with van der Waals surface area (Å²) in [6.07, 6.45) is 6.14. The molecule has 0 aromatic heterocycles. The maximum Gasteiger partial charge on any atom is 0.233 e. The SMILES string of the molecule is CNCCC1CCN(C(=O)C2(c3cccc(F)c3)CCC2)CC1.Cl. The predicted octanol–water partition coefficient (Wildman–Crippen LogP) is 3.52. The van der Waals surface area contributed by atoms with Gasteiger partial charge in [0.25, 0.3) is 0 Å². The molecule has 2 fully saturated rings. The zero-order valence-electron chi connectivity index (χ0n) is 14.4. The van der Waals surface area contributed by atoms with Crippen LogP contribution in [0.3, 0.4) is 0 Å². The van der Waals surface area contributed by atoms with Crippen LogP contribution in [0.25, 0.3) is 0 Å². The van der Waals surface area contributed by atoms with Crippen LogP contribution in [0, 0.1) is 11.7 Å². The highest BCUT2D eigenvalue weighted by Crippen LogP contribution is 2.45. The van der Waals surface area contributed by atoms with E-state index >= 15 is 0 Å². The van der Waals surface area contributed by atoms with Crippen LogP contribution in [0.2, 0.25) is 0 Å². The van der Waals surface area contributed by atoms with E-state index in [1.54, 1.807) is 12.1 Å². The van der Waals surface area contributed by atoms with E-state index in [1.807, 2.05) is 18.0 Å². The minimum absolute atomic E-state index is 0. The van der Waals surface area contributed by atoms with Gasteiger partial charge in [0.1, 0.15) is 5.82 Å². The number of piperidine rings is 1. The number of hydrogen-bond acceptors (Lipinski definition) is 2. The smallest absolute Gasteiger partial charge is 0.233 e. The molecule has 1 amide bonds. The van der Waals surface area contributed by atoms with Gasteiger partial charge in [-0.15, -0.1) is 12.4 Å². The van der Waals surface area contributed by atoms with Crippen LogP contribution in [0.1, 0.15) is 44.1 Å². The first-order valence-corrected chi connectivity index (χ1v) is 8.86.